The summed E-state index contributed by atoms with van der Waals surface area (Å²) in [6.07, 6.45) is 3.38. The van der Waals surface area contributed by atoms with Crippen molar-refractivity contribution in [2.24, 2.45) is 5.73 Å². The Morgan fingerprint density at radius 2 is 2.38 bits per heavy atom. The highest BCUT2D eigenvalue weighted by molar-refractivity contribution is 5.85. The first-order valence-electron chi connectivity index (χ1n) is 5.12. The van der Waals surface area contributed by atoms with Gasteiger partial charge in [-0.15, -0.1) is 0 Å². The normalized spacial score (nSPS) is 23.4. The summed E-state index contributed by atoms with van der Waals surface area (Å²) in [5.74, 6) is 0.164. The van der Waals surface area contributed by atoms with Gasteiger partial charge in [-0.1, -0.05) is 0 Å². The monoisotopic (exact) mass is 222 g/mol. The summed E-state index contributed by atoms with van der Waals surface area (Å²) in [4.78, 5) is 19.1. The Kier molecular flexibility index (Phi) is 3.00. The van der Waals surface area contributed by atoms with Crippen LogP contribution in [0.4, 0.5) is 5.82 Å². The van der Waals surface area contributed by atoms with Gasteiger partial charge in [0, 0.05) is 18.3 Å². The fourth-order valence-corrected chi connectivity index (χ4v) is 1.62. The molecule has 0 unspecified atom stereocenters. The Bertz CT molecular complexity index is 390. The van der Waals surface area contributed by atoms with E-state index in [1.54, 1.807) is 6.07 Å². The third-order valence-corrected chi connectivity index (χ3v) is 2.55. The van der Waals surface area contributed by atoms with E-state index >= 15 is 0 Å². The highest BCUT2D eigenvalue weighted by Crippen LogP contribution is 2.21. The average Bonchev–Trinajstić information content (AvgIpc) is 2.26. The molecule has 16 heavy (non-hydrogen) atoms. The maximum absolute atomic E-state index is 11.2. The molecule has 0 aliphatic heterocycles. The van der Waals surface area contributed by atoms with Crippen LogP contribution in [0.1, 0.15) is 23.5 Å². The molecule has 86 valence electrons. The van der Waals surface area contributed by atoms with Gasteiger partial charge in [0.2, 0.25) is 5.82 Å². The molecule has 1 aliphatic carbocycles. The van der Waals surface area contributed by atoms with Crippen LogP contribution in [0.3, 0.4) is 0 Å². The quantitative estimate of drug-likeness (QED) is 0.708. The first-order valence-corrected chi connectivity index (χ1v) is 5.12. The van der Waals surface area contributed by atoms with Crippen molar-refractivity contribution in [1.29, 1.82) is 0 Å². The number of carbonyl (C=O) groups is 1. The molecule has 1 saturated carbocycles. The van der Waals surface area contributed by atoms with Crippen LogP contribution < -0.4 is 11.1 Å². The van der Waals surface area contributed by atoms with Gasteiger partial charge in [-0.2, -0.15) is 0 Å². The lowest BCUT2D eigenvalue weighted by Crippen LogP contribution is -2.44. The number of carbonyl (C=O) groups excluding carboxylic acids is 1. The molecular formula is C10H14N4O2. The summed E-state index contributed by atoms with van der Waals surface area (Å²) in [5.41, 5.74) is 5.68. The molecule has 1 aromatic rings. The Balaban J connectivity index is 2.02. The van der Waals surface area contributed by atoms with Gasteiger partial charge in [0.05, 0.1) is 7.11 Å². The molecule has 0 atom stereocenters. The summed E-state index contributed by atoms with van der Waals surface area (Å²) >= 11 is 0. The van der Waals surface area contributed by atoms with E-state index < -0.39 is 5.97 Å². The second-order valence-electron chi connectivity index (χ2n) is 3.83. The smallest absolute Gasteiger partial charge is 0.376 e. The standard InChI is InChI=1S/C10H14N4O2/c1-16-10(15)9-12-3-2-8(14-9)13-7-4-6(11)5-7/h2-3,6-7H,4-5,11H2,1H3,(H,12,13,14). The number of esters is 1. The molecule has 1 heterocycles. The number of rotatable bonds is 3. The van der Waals surface area contributed by atoms with Crippen LogP contribution in [-0.2, 0) is 4.74 Å². The minimum atomic E-state index is -0.533. The molecule has 0 bridgehead atoms. The number of methoxy groups -OCH3 is 1. The summed E-state index contributed by atoms with van der Waals surface area (Å²) < 4.78 is 4.54. The third-order valence-electron chi connectivity index (χ3n) is 2.55. The summed E-state index contributed by atoms with van der Waals surface area (Å²) in [7, 11) is 1.30. The largest absolute Gasteiger partial charge is 0.463 e. The first kappa shape index (κ1) is 10.8. The highest BCUT2D eigenvalue weighted by Gasteiger charge is 2.26. The summed E-state index contributed by atoms with van der Waals surface area (Å²) in [6, 6.07) is 2.34. The number of hydrogen-bond donors (Lipinski definition) is 2. The fourth-order valence-electron chi connectivity index (χ4n) is 1.62. The number of nitrogens with two attached hydrogens (primary N) is 1. The van der Waals surface area contributed by atoms with Gasteiger partial charge in [-0.3, -0.25) is 0 Å². The van der Waals surface area contributed by atoms with Gasteiger partial charge < -0.3 is 15.8 Å². The zero-order valence-electron chi connectivity index (χ0n) is 9.01. The van der Waals surface area contributed by atoms with Crippen molar-refractivity contribution in [2.75, 3.05) is 12.4 Å². The lowest BCUT2D eigenvalue weighted by Gasteiger charge is -2.33. The van der Waals surface area contributed by atoms with Gasteiger partial charge in [0.1, 0.15) is 5.82 Å². The van der Waals surface area contributed by atoms with Crippen LogP contribution in [0.5, 0.6) is 0 Å². The zero-order valence-corrected chi connectivity index (χ0v) is 9.01. The molecule has 0 spiro atoms. The second-order valence-corrected chi connectivity index (χ2v) is 3.83. The van der Waals surface area contributed by atoms with Crippen molar-refractivity contribution >= 4 is 11.8 Å². The number of anilines is 1. The predicted octanol–water partition coefficient (Wildman–Crippen LogP) is 0.165. The lowest BCUT2D eigenvalue weighted by molar-refractivity contribution is 0.0587. The van der Waals surface area contributed by atoms with E-state index in [0.29, 0.717) is 11.9 Å². The molecule has 0 radical (unpaired) electrons. The van der Waals surface area contributed by atoms with Crippen molar-refractivity contribution < 1.29 is 9.53 Å². The predicted molar refractivity (Wildman–Crippen MR) is 58.0 cm³/mol. The number of hydrogen-bond acceptors (Lipinski definition) is 6. The van der Waals surface area contributed by atoms with E-state index in [-0.39, 0.29) is 11.9 Å². The van der Waals surface area contributed by atoms with Gasteiger partial charge in [-0.05, 0) is 18.9 Å². The summed E-state index contributed by atoms with van der Waals surface area (Å²) in [5, 5.41) is 3.19. The maximum Gasteiger partial charge on any atom is 0.376 e. The topological polar surface area (TPSA) is 90.1 Å². The van der Waals surface area contributed by atoms with Crippen LogP contribution in [0.15, 0.2) is 12.3 Å². The van der Waals surface area contributed by atoms with Crippen molar-refractivity contribution in [2.45, 2.75) is 24.9 Å². The molecule has 0 amide bonds. The Morgan fingerprint density at radius 1 is 1.62 bits per heavy atom. The molecule has 6 nitrogen and oxygen atoms in total. The molecule has 1 aromatic heterocycles. The number of aromatic nitrogens is 2. The molecule has 3 N–H and O–H groups in total. The molecule has 6 heteroatoms. The molecule has 1 aliphatic rings. The second kappa shape index (κ2) is 4.44. The SMILES string of the molecule is COC(=O)c1nccc(NC2CC(N)C2)n1. The first-order chi connectivity index (χ1) is 7.69. The minimum Gasteiger partial charge on any atom is -0.463 e. The lowest BCUT2D eigenvalue weighted by atomic mass is 9.88. The molecule has 0 aromatic carbocycles. The Hall–Kier alpha value is -1.69. The Labute approximate surface area is 93.2 Å². The van der Waals surface area contributed by atoms with Crippen molar-refractivity contribution in [3.63, 3.8) is 0 Å². The van der Waals surface area contributed by atoms with Gasteiger partial charge in [-0.25, -0.2) is 14.8 Å². The van der Waals surface area contributed by atoms with Crippen molar-refractivity contribution in [1.82, 2.24) is 9.97 Å². The van der Waals surface area contributed by atoms with Gasteiger partial charge >= 0.3 is 5.97 Å². The van der Waals surface area contributed by atoms with Gasteiger partial charge in [0.25, 0.3) is 0 Å². The van der Waals surface area contributed by atoms with E-state index in [4.69, 9.17) is 5.73 Å². The summed E-state index contributed by atoms with van der Waals surface area (Å²) in [6.45, 7) is 0. The van der Waals surface area contributed by atoms with E-state index in [1.807, 2.05) is 0 Å². The maximum atomic E-state index is 11.2. The molecule has 2 rings (SSSR count). The molecular weight excluding hydrogens is 208 g/mol. The van der Waals surface area contributed by atoms with E-state index in [1.165, 1.54) is 13.3 Å². The van der Waals surface area contributed by atoms with Crippen LogP contribution in [-0.4, -0.2) is 35.1 Å². The Morgan fingerprint density at radius 3 is 3.00 bits per heavy atom. The molecule has 0 saturated heterocycles. The average molecular weight is 222 g/mol. The van der Waals surface area contributed by atoms with E-state index in [9.17, 15) is 4.79 Å². The van der Waals surface area contributed by atoms with Gasteiger partial charge in [0.15, 0.2) is 0 Å². The molecule has 1 fully saturated rings. The van der Waals surface area contributed by atoms with E-state index in [2.05, 4.69) is 20.0 Å². The fraction of sp³-hybridized carbons (Fsp3) is 0.500. The minimum absolute atomic E-state index is 0.0659. The number of nitrogens with zero attached hydrogens (tertiary/aromatic N) is 2. The third kappa shape index (κ3) is 2.27. The van der Waals surface area contributed by atoms with Crippen molar-refractivity contribution in [3.05, 3.63) is 18.1 Å². The zero-order chi connectivity index (χ0) is 11.5. The number of ether oxygens (including phenoxy) is 1. The van der Waals surface area contributed by atoms with E-state index in [0.717, 1.165) is 12.8 Å². The highest BCUT2D eigenvalue weighted by atomic mass is 16.5. The van der Waals surface area contributed by atoms with Crippen molar-refractivity contribution in [3.8, 4) is 0 Å². The number of nitrogens with one attached hydrogen (secondary N) is 1. The van der Waals surface area contributed by atoms with Crippen LogP contribution >= 0.6 is 0 Å². The van der Waals surface area contributed by atoms with Crippen LogP contribution in [0, 0.1) is 0 Å². The van der Waals surface area contributed by atoms with Crippen LogP contribution in [0.25, 0.3) is 0 Å². The van der Waals surface area contributed by atoms with Crippen LogP contribution in [0.2, 0.25) is 0 Å².